The molecule has 0 atom stereocenters. The van der Waals surface area contributed by atoms with E-state index in [4.69, 9.17) is 4.74 Å². The second kappa shape index (κ2) is 9.03. The van der Waals surface area contributed by atoms with Crippen molar-refractivity contribution < 1.29 is 14.3 Å². The minimum atomic E-state index is -0.415. The first-order chi connectivity index (χ1) is 13.5. The molecule has 0 unspecified atom stereocenters. The van der Waals surface area contributed by atoms with Gasteiger partial charge >= 0.3 is 5.97 Å². The van der Waals surface area contributed by atoms with E-state index in [1.807, 2.05) is 31.2 Å². The van der Waals surface area contributed by atoms with E-state index in [2.05, 4.69) is 26.2 Å². The molecule has 0 aliphatic carbocycles. The maximum Gasteiger partial charge on any atom is 0.337 e. The number of hydrogen-bond donors (Lipinski definition) is 1. The molecule has 1 heterocycles. The lowest BCUT2D eigenvalue weighted by Gasteiger charge is -2.12. The third-order valence-corrected chi connectivity index (χ3v) is 5.49. The number of benzene rings is 2. The Hall–Kier alpha value is -2.64. The number of halogens is 1. The minimum absolute atomic E-state index is 0.262. The second-order valence-electron chi connectivity index (χ2n) is 5.89. The Bertz CT molecular complexity index is 1020. The Labute approximate surface area is 175 Å². The molecule has 0 aliphatic rings. The van der Waals surface area contributed by atoms with E-state index in [-0.39, 0.29) is 5.91 Å². The predicted octanol–water partition coefficient (Wildman–Crippen LogP) is 5.34. The van der Waals surface area contributed by atoms with Crippen molar-refractivity contribution in [3.63, 3.8) is 0 Å². The first-order valence-corrected chi connectivity index (χ1v) is 9.97. The molecule has 1 amide bonds. The smallest absolute Gasteiger partial charge is 0.337 e. The van der Waals surface area contributed by atoms with Crippen LogP contribution in [0.5, 0.6) is 0 Å². The number of pyridine rings is 1. The van der Waals surface area contributed by atoms with E-state index in [1.54, 1.807) is 36.5 Å². The molecular weight excluding hydrogens is 440 g/mol. The topological polar surface area (TPSA) is 68.3 Å². The number of hydrogen-bond acceptors (Lipinski definition) is 5. The molecule has 142 valence electrons. The largest absolute Gasteiger partial charge is 0.465 e. The number of nitrogens with one attached hydrogen (secondary N) is 1. The van der Waals surface area contributed by atoms with Gasteiger partial charge in [0.2, 0.25) is 0 Å². The van der Waals surface area contributed by atoms with Gasteiger partial charge in [-0.25, -0.2) is 9.78 Å². The number of aromatic nitrogens is 1. The minimum Gasteiger partial charge on any atom is -0.465 e. The van der Waals surface area contributed by atoms with Gasteiger partial charge in [0, 0.05) is 21.3 Å². The Kier molecular flexibility index (Phi) is 6.49. The van der Waals surface area contributed by atoms with E-state index in [1.165, 1.54) is 18.9 Å². The molecule has 0 fully saturated rings. The summed E-state index contributed by atoms with van der Waals surface area (Å²) in [4.78, 5) is 29.8. The van der Waals surface area contributed by atoms with E-state index in [9.17, 15) is 9.59 Å². The van der Waals surface area contributed by atoms with Crippen LogP contribution in [0.3, 0.4) is 0 Å². The van der Waals surface area contributed by atoms with Crippen molar-refractivity contribution in [2.24, 2.45) is 0 Å². The highest BCUT2D eigenvalue weighted by molar-refractivity contribution is 9.10. The lowest BCUT2D eigenvalue weighted by Crippen LogP contribution is -2.14. The van der Waals surface area contributed by atoms with Crippen LogP contribution in [0.2, 0.25) is 0 Å². The zero-order valence-corrected chi connectivity index (χ0v) is 17.6. The Balaban J connectivity index is 1.81. The SMILES string of the molecule is COC(=O)c1ccc(NC(=O)c2cccnc2Sc2ccc(Br)cc2)c(C)c1. The summed E-state index contributed by atoms with van der Waals surface area (Å²) in [6.45, 7) is 1.82. The van der Waals surface area contributed by atoms with Gasteiger partial charge in [-0.2, -0.15) is 0 Å². The van der Waals surface area contributed by atoms with Crippen molar-refractivity contribution in [1.82, 2.24) is 4.98 Å². The van der Waals surface area contributed by atoms with Crippen LogP contribution in [0.4, 0.5) is 5.69 Å². The molecule has 0 spiro atoms. The Morgan fingerprint density at radius 3 is 2.54 bits per heavy atom. The van der Waals surface area contributed by atoms with E-state index >= 15 is 0 Å². The molecule has 28 heavy (non-hydrogen) atoms. The lowest BCUT2D eigenvalue weighted by molar-refractivity contribution is 0.0600. The summed E-state index contributed by atoms with van der Waals surface area (Å²) < 4.78 is 5.71. The molecule has 1 aromatic heterocycles. The molecule has 7 heteroatoms. The fourth-order valence-corrected chi connectivity index (χ4v) is 3.64. The molecule has 0 bridgehead atoms. The third-order valence-electron chi connectivity index (χ3n) is 3.94. The third kappa shape index (κ3) is 4.79. The van der Waals surface area contributed by atoms with Gasteiger partial charge in [-0.3, -0.25) is 4.79 Å². The number of esters is 1. The van der Waals surface area contributed by atoms with Crippen molar-refractivity contribution in [3.8, 4) is 0 Å². The lowest BCUT2D eigenvalue weighted by atomic mass is 10.1. The van der Waals surface area contributed by atoms with Gasteiger partial charge in [0.05, 0.1) is 18.2 Å². The maximum atomic E-state index is 12.8. The average molecular weight is 457 g/mol. The van der Waals surface area contributed by atoms with Crippen LogP contribution < -0.4 is 5.32 Å². The fraction of sp³-hybridized carbons (Fsp3) is 0.0952. The molecule has 0 aliphatic heterocycles. The quantitative estimate of drug-likeness (QED) is 0.524. The van der Waals surface area contributed by atoms with Gasteiger partial charge in [-0.05, 0) is 67.1 Å². The van der Waals surface area contributed by atoms with Crippen LogP contribution in [0.25, 0.3) is 0 Å². The number of amides is 1. The monoisotopic (exact) mass is 456 g/mol. The average Bonchev–Trinajstić information content (AvgIpc) is 2.71. The molecule has 0 saturated carbocycles. The number of nitrogens with zero attached hydrogens (tertiary/aromatic N) is 1. The number of methoxy groups -OCH3 is 1. The van der Waals surface area contributed by atoms with E-state index in [0.717, 1.165) is 14.9 Å². The van der Waals surface area contributed by atoms with Gasteiger partial charge in [0.1, 0.15) is 5.03 Å². The molecule has 0 saturated heterocycles. The van der Waals surface area contributed by atoms with Crippen molar-refractivity contribution in [1.29, 1.82) is 0 Å². The van der Waals surface area contributed by atoms with Crippen molar-refractivity contribution in [2.75, 3.05) is 12.4 Å². The highest BCUT2D eigenvalue weighted by Gasteiger charge is 2.15. The molecule has 1 N–H and O–H groups in total. The standard InChI is InChI=1S/C21H17BrN2O3S/c1-13-12-14(21(26)27-2)5-10-18(13)24-19(25)17-4-3-11-23-20(17)28-16-8-6-15(22)7-9-16/h3-12H,1-2H3,(H,24,25). The number of carbonyl (C=O) groups excluding carboxylic acids is 2. The Morgan fingerprint density at radius 2 is 1.86 bits per heavy atom. The molecule has 2 aromatic carbocycles. The normalized spacial score (nSPS) is 10.4. The second-order valence-corrected chi connectivity index (χ2v) is 7.87. The van der Waals surface area contributed by atoms with Crippen LogP contribution in [-0.2, 0) is 4.74 Å². The summed E-state index contributed by atoms with van der Waals surface area (Å²) in [7, 11) is 1.33. The first-order valence-electron chi connectivity index (χ1n) is 8.36. The van der Waals surface area contributed by atoms with Crippen LogP contribution >= 0.6 is 27.7 Å². The van der Waals surface area contributed by atoms with Crippen molar-refractivity contribution in [2.45, 2.75) is 16.8 Å². The maximum absolute atomic E-state index is 12.8. The zero-order chi connectivity index (χ0) is 20.1. The van der Waals surface area contributed by atoms with Gasteiger partial charge in [0.25, 0.3) is 5.91 Å². The molecule has 5 nitrogen and oxygen atoms in total. The van der Waals surface area contributed by atoms with Crippen molar-refractivity contribution >= 4 is 45.3 Å². The fourth-order valence-electron chi connectivity index (χ4n) is 2.50. The van der Waals surface area contributed by atoms with Gasteiger partial charge in [-0.15, -0.1) is 0 Å². The number of ether oxygens (including phenoxy) is 1. The van der Waals surface area contributed by atoms with Crippen LogP contribution in [0.15, 0.2) is 75.2 Å². The Morgan fingerprint density at radius 1 is 1.11 bits per heavy atom. The molecule has 0 radical (unpaired) electrons. The van der Waals surface area contributed by atoms with Crippen LogP contribution in [0.1, 0.15) is 26.3 Å². The summed E-state index contributed by atoms with van der Waals surface area (Å²) in [5, 5.41) is 3.51. The first kappa shape index (κ1) is 20.1. The van der Waals surface area contributed by atoms with E-state index < -0.39 is 5.97 Å². The summed E-state index contributed by atoms with van der Waals surface area (Å²) in [5.74, 6) is -0.678. The van der Waals surface area contributed by atoms with E-state index in [0.29, 0.717) is 21.8 Å². The van der Waals surface area contributed by atoms with Gasteiger partial charge in [0.15, 0.2) is 0 Å². The molecule has 3 rings (SSSR count). The highest BCUT2D eigenvalue weighted by Crippen LogP contribution is 2.30. The summed E-state index contributed by atoms with van der Waals surface area (Å²) in [5.41, 5.74) is 2.31. The highest BCUT2D eigenvalue weighted by atomic mass is 79.9. The van der Waals surface area contributed by atoms with Crippen LogP contribution in [0, 0.1) is 6.92 Å². The number of aryl methyl sites for hydroxylation is 1. The zero-order valence-electron chi connectivity index (χ0n) is 15.2. The number of carbonyl (C=O) groups is 2. The molecular formula is C21H17BrN2O3S. The number of anilines is 1. The van der Waals surface area contributed by atoms with Gasteiger partial charge < -0.3 is 10.1 Å². The van der Waals surface area contributed by atoms with Crippen molar-refractivity contribution in [3.05, 3.63) is 82.0 Å². The summed E-state index contributed by atoms with van der Waals surface area (Å²) >= 11 is 4.83. The summed E-state index contributed by atoms with van der Waals surface area (Å²) in [6.07, 6.45) is 1.66. The van der Waals surface area contributed by atoms with Gasteiger partial charge in [-0.1, -0.05) is 27.7 Å². The summed E-state index contributed by atoms with van der Waals surface area (Å²) in [6, 6.07) is 16.3. The number of rotatable bonds is 5. The predicted molar refractivity (Wildman–Crippen MR) is 113 cm³/mol. The van der Waals surface area contributed by atoms with Crippen LogP contribution in [-0.4, -0.2) is 24.0 Å². The molecule has 3 aromatic rings.